The maximum Gasteiger partial charge on any atom is 0.161 e. The van der Waals surface area contributed by atoms with Gasteiger partial charge in [0.05, 0.1) is 14.2 Å². The van der Waals surface area contributed by atoms with Crippen LogP contribution in [0.1, 0.15) is 33.9 Å². The van der Waals surface area contributed by atoms with Gasteiger partial charge in [-0.2, -0.15) is 0 Å². The van der Waals surface area contributed by atoms with Gasteiger partial charge in [0.1, 0.15) is 0 Å². The molecule has 1 unspecified atom stereocenters. The lowest BCUT2D eigenvalue weighted by Gasteiger charge is -2.28. The van der Waals surface area contributed by atoms with Gasteiger partial charge in [-0.05, 0) is 73.2 Å². The van der Waals surface area contributed by atoms with Crippen molar-refractivity contribution in [3.63, 3.8) is 0 Å². The second kappa shape index (κ2) is 6.63. The Labute approximate surface area is 138 Å². The van der Waals surface area contributed by atoms with Gasteiger partial charge in [-0.3, -0.25) is 0 Å². The molecule has 0 bridgehead atoms. The second-order valence-electron chi connectivity index (χ2n) is 6.29. The average molecular weight is 311 g/mol. The molecule has 0 aliphatic carbocycles. The van der Waals surface area contributed by atoms with Gasteiger partial charge in [0.2, 0.25) is 0 Å². The molecule has 0 saturated carbocycles. The lowest BCUT2D eigenvalue weighted by atomic mass is 9.89. The third kappa shape index (κ3) is 3.20. The lowest BCUT2D eigenvalue weighted by molar-refractivity contribution is 0.352. The summed E-state index contributed by atoms with van der Waals surface area (Å²) in [6, 6.07) is 11.3. The standard InChI is InChI=1S/C20H25NO2/c1-13-5-6-15(9-14(13)2)10-18-17-12-20(23-4)19(22-3)11-16(17)7-8-21-18/h5-6,9,11-12,18,21H,7-8,10H2,1-4H3. The van der Waals surface area contributed by atoms with Crippen molar-refractivity contribution in [2.75, 3.05) is 20.8 Å². The fourth-order valence-corrected chi connectivity index (χ4v) is 3.32. The molecule has 0 amide bonds. The van der Waals surface area contributed by atoms with E-state index in [9.17, 15) is 0 Å². The van der Waals surface area contributed by atoms with Crippen LogP contribution in [0.2, 0.25) is 0 Å². The summed E-state index contributed by atoms with van der Waals surface area (Å²) in [7, 11) is 3.39. The van der Waals surface area contributed by atoms with Crippen molar-refractivity contribution in [2.45, 2.75) is 32.7 Å². The number of aryl methyl sites for hydroxylation is 2. The number of methoxy groups -OCH3 is 2. The van der Waals surface area contributed by atoms with Gasteiger partial charge in [0.25, 0.3) is 0 Å². The van der Waals surface area contributed by atoms with E-state index >= 15 is 0 Å². The smallest absolute Gasteiger partial charge is 0.161 e. The molecule has 1 aliphatic rings. The van der Waals surface area contributed by atoms with E-state index in [4.69, 9.17) is 9.47 Å². The van der Waals surface area contributed by atoms with E-state index in [1.165, 1.54) is 27.8 Å². The van der Waals surface area contributed by atoms with Gasteiger partial charge in [0.15, 0.2) is 11.5 Å². The van der Waals surface area contributed by atoms with E-state index in [2.05, 4.69) is 49.5 Å². The highest BCUT2D eigenvalue weighted by Gasteiger charge is 2.22. The summed E-state index contributed by atoms with van der Waals surface area (Å²) >= 11 is 0. The van der Waals surface area contributed by atoms with Crippen LogP contribution in [0.5, 0.6) is 11.5 Å². The van der Waals surface area contributed by atoms with Crippen LogP contribution in [0.3, 0.4) is 0 Å². The third-order valence-corrected chi connectivity index (χ3v) is 4.82. The van der Waals surface area contributed by atoms with Crippen molar-refractivity contribution in [3.05, 3.63) is 58.1 Å². The number of hydrogen-bond acceptors (Lipinski definition) is 3. The van der Waals surface area contributed by atoms with Crippen molar-refractivity contribution in [3.8, 4) is 11.5 Å². The first kappa shape index (κ1) is 15.9. The van der Waals surface area contributed by atoms with Gasteiger partial charge in [0, 0.05) is 6.04 Å². The van der Waals surface area contributed by atoms with Gasteiger partial charge < -0.3 is 14.8 Å². The zero-order valence-corrected chi connectivity index (χ0v) is 14.4. The van der Waals surface area contributed by atoms with E-state index < -0.39 is 0 Å². The average Bonchev–Trinajstić information content (AvgIpc) is 2.57. The van der Waals surface area contributed by atoms with Crippen LogP contribution in [0.15, 0.2) is 30.3 Å². The highest BCUT2D eigenvalue weighted by atomic mass is 16.5. The number of hydrogen-bond donors (Lipinski definition) is 1. The monoisotopic (exact) mass is 311 g/mol. The SMILES string of the molecule is COc1cc2c(cc1OC)C(Cc1ccc(C)c(C)c1)NCC2. The van der Waals surface area contributed by atoms with Crippen molar-refractivity contribution >= 4 is 0 Å². The van der Waals surface area contributed by atoms with Crippen LogP contribution < -0.4 is 14.8 Å². The van der Waals surface area contributed by atoms with Crippen molar-refractivity contribution in [2.24, 2.45) is 0 Å². The molecular weight excluding hydrogens is 286 g/mol. The molecule has 1 atom stereocenters. The van der Waals surface area contributed by atoms with Crippen LogP contribution in [0.25, 0.3) is 0 Å². The number of ether oxygens (including phenoxy) is 2. The Bertz CT molecular complexity index is 709. The predicted octanol–water partition coefficient (Wildman–Crippen LogP) is 3.75. The van der Waals surface area contributed by atoms with Gasteiger partial charge in [-0.15, -0.1) is 0 Å². The fraction of sp³-hybridized carbons (Fsp3) is 0.400. The first-order valence-electron chi connectivity index (χ1n) is 8.16. The summed E-state index contributed by atoms with van der Waals surface area (Å²) in [5.74, 6) is 1.62. The predicted molar refractivity (Wildman–Crippen MR) is 93.6 cm³/mol. The van der Waals surface area contributed by atoms with E-state index in [1.54, 1.807) is 14.2 Å². The van der Waals surface area contributed by atoms with Crippen LogP contribution in [0, 0.1) is 13.8 Å². The fourth-order valence-electron chi connectivity index (χ4n) is 3.32. The Morgan fingerprint density at radius 1 is 1.00 bits per heavy atom. The summed E-state index contributed by atoms with van der Waals surface area (Å²) in [4.78, 5) is 0. The summed E-state index contributed by atoms with van der Waals surface area (Å²) in [6.45, 7) is 5.33. The van der Waals surface area contributed by atoms with E-state index in [0.717, 1.165) is 30.9 Å². The zero-order chi connectivity index (χ0) is 16.4. The Morgan fingerprint density at radius 2 is 1.74 bits per heavy atom. The molecule has 23 heavy (non-hydrogen) atoms. The maximum absolute atomic E-state index is 5.48. The summed E-state index contributed by atoms with van der Waals surface area (Å²) in [5, 5.41) is 3.65. The quantitative estimate of drug-likeness (QED) is 0.933. The van der Waals surface area contributed by atoms with Crippen LogP contribution in [-0.2, 0) is 12.8 Å². The summed E-state index contributed by atoms with van der Waals surface area (Å²) < 4.78 is 10.9. The minimum absolute atomic E-state index is 0.320. The number of benzene rings is 2. The van der Waals surface area contributed by atoms with E-state index in [0.29, 0.717) is 6.04 Å². The Kier molecular flexibility index (Phi) is 4.58. The van der Waals surface area contributed by atoms with Crippen LogP contribution in [-0.4, -0.2) is 20.8 Å². The van der Waals surface area contributed by atoms with Gasteiger partial charge in [-0.1, -0.05) is 18.2 Å². The summed E-state index contributed by atoms with van der Waals surface area (Å²) in [5.41, 5.74) is 6.75. The maximum atomic E-state index is 5.48. The molecule has 1 N–H and O–H groups in total. The Balaban J connectivity index is 1.92. The van der Waals surface area contributed by atoms with E-state index in [-0.39, 0.29) is 0 Å². The van der Waals surface area contributed by atoms with Gasteiger partial charge in [-0.25, -0.2) is 0 Å². The number of fused-ring (bicyclic) bond motifs is 1. The van der Waals surface area contributed by atoms with Crippen LogP contribution >= 0.6 is 0 Å². The molecule has 3 nitrogen and oxygen atoms in total. The van der Waals surface area contributed by atoms with Gasteiger partial charge >= 0.3 is 0 Å². The molecule has 122 valence electrons. The summed E-state index contributed by atoms with van der Waals surface area (Å²) in [6.07, 6.45) is 2.02. The van der Waals surface area contributed by atoms with Crippen molar-refractivity contribution < 1.29 is 9.47 Å². The molecule has 0 fully saturated rings. The third-order valence-electron chi connectivity index (χ3n) is 4.82. The topological polar surface area (TPSA) is 30.5 Å². The molecule has 0 saturated heterocycles. The second-order valence-corrected chi connectivity index (χ2v) is 6.29. The largest absolute Gasteiger partial charge is 0.493 e. The van der Waals surface area contributed by atoms with Crippen molar-refractivity contribution in [1.29, 1.82) is 0 Å². The van der Waals surface area contributed by atoms with Crippen molar-refractivity contribution in [1.82, 2.24) is 5.32 Å². The van der Waals surface area contributed by atoms with E-state index in [1.807, 2.05) is 0 Å². The minimum atomic E-state index is 0.320. The molecule has 0 radical (unpaired) electrons. The molecule has 2 aromatic carbocycles. The number of nitrogens with one attached hydrogen (secondary N) is 1. The first-order chi connectivity index (χ1) is 11.1. The molecule has 1 aliphatic heterocycles. The molecule has 3 heteroatoms. The van der Waals surface area contributed by atoms with Crippen LogP contribution in [0.4, 0.5) is 0 Å². The minimum Gasteiger partial charge on any atom is -0.493 e. The molecule has 1 heterocycles. The molecule has 0 spiro atoms. The molecule has 3 rings (SSSR count). The Hall–Kier alpha value is -2.00. The first-order valence-corrected chi connectivity index (χ1v) is 8.16. The number of rotatable bonds is 4. The highest BCUT2D eigenvalue weighted by Crippen LogP contribution is 2.36. The normalized spacial score (nSPS) is 16.8. The zero-order valence-electron chi connectivity index (χ0n) is 14.4. The molecular formula is C20H25NO2. The molecule has 0 aromatic heterocycles. The Morgan fingerprint density at radius 3 is 2.43 bits per heavy atom. The lowest BCUT2D eigenvalue weighted by Crippen LogP contribution is -2.31. The molecule has 2 aromatic rings. The highest BCUT2D eigenvalue weighted by molar-refractivity contribution is 5.49.